The molecule has 1 aromatic rings. The molecule has 1 aromatic heterocycles. The van der Waals surface area contributed by atoms with Gasteiger partial charge in [0.25, 0.3) is 0 Å². The molecule has 0 amide bonds. The predicted octanol–water partition coefficient (Wildman–Crippen LogP) is 2.82. The second-order valence-electron chi connectivity index (χ2n) is 4.91. The third-order valence-corrected chi connectivity index (χ3v) is 5.55. The van der Waals surface area contributed by atoms with Gasteiger partial charge < -0.3 is 9.64 Å². The number of nitrogens with zero attached hydrogens (tertiary/aromatic N) is 2. The first-order chi connectivity index (χ1) is 9.69. The zero-order valence-electron chi connectivity index (χ0n) is 12.1. The number of ether oxygens (including phenoxy) is 1. The van der Waals surface area contributed by atoms with Gasteiger partial charge in [0.1, 0.15) is 0 Å². The van der Waals surface area contributed by atoms with Crippen LogP contribution in [0.4, 0.5) is 0 Å². The fraction of sp³-hybridized carbons (Fsp3) is 0.714. The van der Waals surface area contributed by atoms with Crippen molar-refractivity contribution in [3.8, 4) is 0 Å². The summed E-state index contributed by atoms with van der Waals surface area (Å²) in [6, 6.07) is 0. The molecule has 2 heterocycles. The van der Waals surface area contributed by atoms with Crippen LogP contribution in [0, 0.1) is 12.8 Å². The van der Waals surface area contributed by atoms with E-state index in [9.17, 15) is 4.79 Å². The maximum absolute atomic E-state index is 11.7. The van der Waals surface area contributed by atoms with Crippen molar-refractivity contribution in [3.63, 3.8) is 0 Å². The number of piperidine rings is 1. The number of carbonyl (C=O) groups is 1. The van der Waals surface area contributed by atoms with Gasteiger partial charge in [-0.1, -0.05) is 0 Å². The van der Waals surface area contributed by atoms with E-state index in [1.165, 1.54) is 4.21 Å². The third-order valence-electron chi connectivity index (χ3n) is 3.46. The first-order valence-electron chi connectivity index (χ1n) is 7.13. The van der Waals surface area contributed by atoms with Gasteiger partial charge in [-0.15, -0.1) is 23.1 Å². The molecule has 0 N–H and O–H groups in total. The van der Waals surface area contributed by atoms with Gasteiger partial charge in [0.2, 0.25) is 0 Å². The molecule has 0 bridgehead atoms. The lowest BCUT2D eigenvalue weighted by Crippen LogP contribution is -2.38. The molecule has 1 aliphatic heterocycles. The van der Waals surface area contributed by atoms with E-state index in [0.29, 0.717) is 6.61 Å². The minimum absolute atomic E-state index is 0.0124. The number of esters is 1. The zero-order chi connectivity index (χ0) is 14.4. The van der Waals surface area contributed by atoms with E-state index >= 15 is 0 Å². The summed E-state index contributed by atoms with van der Waals surface area (Å²) in [7, 11) is 0. The summed E-state index contributed by atoms with van der Waals surface area (Å²) in [5.41, 5.74) is 0. The molecular formula is C14H22N2O2S2. The summed E-state index contributed by atoms with van der Waals surface area (Å²) in [5.74, 6) is 1.19. The molecule has 20 heavy (non-hydrogen) atoms. The van der Waals surface area contributed by atoms with Gasteiger partial charge in [-0.3, -0.25) is 4.79 Å². The molecule has 0 unspecified atom stereocenters. The number of thioether (sulfide) groups is 1. The van der Waals surface area contributed by atoms with Crippen LogP contribution in [0.25, 0.3) is 0 Å². The molecule has 1 aliphatic rings. The van der Waals surface area contributed by atoms with Crippen molar-refractivity contribution in [2.75, 3.05) is 32.0 Å². The molecule has 1 saturated heterocycles. The molecule has 0 aliphatic carbocycles. The Morgan fingerprint density at radius 2 is 2.30 bits per heavy atom. The maximum Gasteiger partial charge on any atom is 0.309 e. The third kappa shape index (κ3) is 4.75. The molecule has 0 saturated carbocycles. The van der Waals surface area contributed by atoms with Crippen molar-refractivity contribution in [3.05, 3.63) is 11.2 Å². The van der Waals surface area contributed by atoms with E-state index in [4.69, 9.17) is 4.74 Å². The minimum atomic E-state index is -0.0124. The molecule has 0 aromatic carbocycles. The summed E-state index contributed by atoms with van der Waals surface area (Å²) in [6.07, 6.45) is 3.82. The number of hydrogen-bond acceptors (Lipinski definition) is 6. The number of likely N-dealkylation sites (tertiary alicyclic amines) is 1. The fourth-order valence-corrected chi connectivity index (χ4v) is 4.36. The van der Waals surface area contributed by atoms with E-state index in [-0.39, 0.29) is 11.9 Å². The maximum atomic E-state index is 11.7. The van der Waals surface area contributed by atoms with Crippen molar-refractivity contribution in [2.45, 2.75) is 30.9 Å². The van der Waals surface area contributed by atoms with Gasteiger partial charge >= 0.3 is 5.97 Å². The molecular weight excluding hydrogens is 292 g/mol. The molecule has 0 radical (unpaired) electrons. The Kier molecular flexibility index (Phi) is 6.32. The molecule has 1 fully saturated rings. The number of rotatable bonds is 6. The molecule has 4 nitrogen and oxygen atoms in total. The highest BCUT2D eigenvalue weighted by atomic mass is 32.2. The SMILES string of the molecule is CCOC(=O)C1CCN(CCSc2cnc(C)s2)CC1. The highest BCUT2D eigenvalue weighted by Crippen LogP contribution is 2.25. The lowest BCUT2D eigenvalue weighted by Gasteiger charge is -2.30. The summed E-state index contributed by atoms with van der Waals surface area (Å²) >= 11 is 3.63. The minimum Gasteiger partial charge on any atom is -0.466 e. The van der Waals surface area contributed by atoms with Crippen LogP contribution in [0.5, 0.6) is 0 Å². The normalized spacial score (nSPS) is 17.3. The Morgan fingerprint density at radius 1 is 1.55 bits per heavy atom. The van der Waals surface area contributed by atoms with Gasteiger partial charge in [0, 0.05) is 12.3 Å². The zero-order valence-corrected chi connectivity index (χ0v) is 13.8. The van der Waals surface area contributed by atoms with E-state index in [0.717, 1.165) is 43.2 Å². The predicted molar refractivity (Wildman–Crippen MR) is 83.4 cm³/mol. The van der Waals surface area contributed by atoms with Crippen molar-refractivity contribution in [2.24, 2.45) is 5.92 Å². The summed E-state index contributed by atoms with van der Waals surface area (Å²) < 4.78 is 6.39. The quantitative estimate of drug-likeness (QED) is 0.596. The molecule has 0 atom stereocenters. The second kappa shape index (κ2) is 8.00. The Labute approximate surface area is 128 Å². The lowest BCUT2D eigenvalue weighted by molar-refractivity contribution is -0.149. The molecule has 0 spiro atoms. The van der Waals surface area contributed by atoms with Crippen LogP contribution in [-0.4, -0.2) is 47.8 Å². The molecule has 112 valence electrons. The first-order valence-corrected chi connectivity index (χ1v) is 8.93. The van der Waals surface area contributed by atoms with E-state index < -0.39 is 0 Å². The first kappa shape index (κ1) is 15.8. The number of aryl methyl sites for hydroxylation is 1. The largest absolute Gasteiger partial charge is 0.466 e. The average molecular weight is 314 g/mol. The van der Waals surface area contributed by atoms with Crippen LogP contribution >= 0.6 is 23.1 Å². The second-order valence-corrected chi connectivity index (χ2v) is 7.54. The topological polar surface area (TPSA) is 42.4 Å². The van der Waals surface area contributed by atoms with Gasteiger partial charge in [-0.05, 0) is 39.8 Å². The van der Waals surface area contributed by atoms with Crippen LogP contribution < -0.4 is 0 Å². The van der Waals surface area contributed by atoms with E-state index in [1.54, 1.807) is 11.3 Å². The van der Waals surface area contributed by atoms with Crippen molar-refractivity contribution in [1.82, 2.24) is 9.88 Å². The molecule has 6 heteroatoms. The number of thiazole rings is 1. The average Bonchev–Trinajstić information content (AvgIpc) is 2.85. The Morgan fingerprint density at radius 3 is 2.90 bits per heavy atom. The summed E-state index contributed by atoms with van der Waals surface area (Å²) in [6.45, 7) is 7.49. The highest BCUT2D eigenvalue weighted by molar-refractivity contribution is 8.01. The van der Waals surface area contributed by atoms with Crippen LogP contribution in [0.3, 0.4) is 0 Å². The van der Waals surface area contributed by atoms with Crippen LogP contribution in [0.2, 0.25) is 0 Å². The Balaban J connectivity index is 1.63. The Hall–Kier alpha value is -0.590. The van der Waals surface area contributed by atoms with Crippen LogP contribution in [-0.2, 0) is 9.53 Å². The lowest BCUT2D eigenvalue weighted by atomic mass is 9.97. The van der Waals surface area contributed by atoms with Crippen LogP contribution in [0.1, 0.15) is 24.8 Å². The van der Waals surface area contributed by atoms with Gasteiger partial charge in [0.05, 0.1) is 27.9 Å². The van der Waals surface area contributed by atoms with Gasteiger partial charge in [0.15, 0.2) is 0 Å². The van der Waals surface area contributed by atoms with Crippen molar-refractivity contribution >= 4 is 29.1 Å². The Bertz CT molecular complexity index is 429. The summed E-state index contributed by atoms with van der Waals surface area (Å²) in [4.78, 5) is 18.4. The number of hydrogen-bond donors (Lipinski definition) is 0. The van der Waals surface area contributed by atoms with Crippen LogP contribution in [0.15, 0.2) is 10.4 Å². The van der Waals surface area contributed by atoms with Crippen molar-refractivity contribution < 1.29 is 9.53 Å². The van der Waals surface area contributed by atoms with Gasteiger partial charge in [-0.25, -0.2) is 4.98 Å². The summed E-state index contributed by atoms with van der Waals surface area (Å²) in [5, 5.41) is 1.13. The smallest absolute Gasteiger partial charge is 0.309 e. The molecule has 2 rings (SSSR count). The van der Waals surface area contributed by atoms with Crippen molar-refractivity contribution in [1.29, 1.82) is 0 Å². The number of aromatic nitrogens is 1. The number of carbonyl (C=O) groups excluding carboxylic acids is 1. The van der Waals surface area contributed by atoms with Gasteiger partial charge in [-0.2, -0.15) is 0 Å². The monoisotopic (exact) mass is 314 g/mol. The highest BCUT2D eigenvalue weighted by Gasteiger charge is 2.25. The fourth-order valence-electron chi connectivity index (χ4n) is 2.34. The van der Waals surface area contributed by atoms with E-state index in [2.05, 4.69) is 9.88 Å². The standard InChI is InChI=1S/C14H22N2O2S2/c1-3-18-14(17)12-4-6-16(7-5-12)8-9-19-13-10-15-11(2)20-13/h10,12H,3-9H2,1-2H3. The van der Waals surface area contributed by atoms with E-state index in [1.807, 2.05) is 31.8 Å².